The van der Waals surface area contributed by atoms with Gasteiger partial charge in [-0.1, -0.05) is 194 Å². The van der Waals surface area contributed by atoms with Crippen LogP contribution in [-0.2, 0) is 5.41 Å². The van der Waals surface area contributed by atoms with Crippen LogP contribution in [0.1, 0.15) is 22.3 Å². The quantitative estimate of drug-likeness (QED) is 0.178. The predicted octanol–water partition coefficient (Wildman–Crippen LogP) is 15.1. The highest BCUT2D eigenvalue weighted by atomic mass is 16.3. The minimum atomic E-state index is -0.550. The molecule has 62 heavy (non-hydrogen) atoms. The Balaban J connectivity index is 1.11. The van der Waals surface area contributed by atoms with E-state index in [0.717, 1.165) is 61.1 Å². The molecule has 2 aliphatic carbocycles. The zero-order valence-corrected chi connectivity index (χ0v) is 33.6. The number of hydrogen-bond donors (Lipinski definition) is 0. The van der Waals surface area contributed by atoms with Crippen molar-refractivity contribution in [3.8, 4) is 78.4 Å². The maximum atomic E-state index is 6.40. The number of rotatable bonds is 4. The number of furan rings is 1. The maximum absolute atomic E-state index is 6.40. The second kappa shape index (κ2) is 13.4. The van der Waals surface area contributed by atoms with Gasteiger partial charge in [0.15, 0.2) is 5.82 Å². The molecule has 0 saturated carbocycles. The van der Waals surface area contributed by atoms with Crippen LogP contribution in [0.3, 0.4) is 0 Å². The molecule has 0 bridgehead atoms. The zero-order valence-electron chi connectivity index (χ0n) is 33.6. The molecule has 3 heteroatoms. The van der Waals surface area contributed by atoms with E-state index in [1.54, 1.807) is 0 Å². The second-order valence-corrected chi connectivity index (χ2v) is 16.3. The molecule has 0 atom stereocenters. The molecule has 9 aromatic carbocycles. The van der Waals surface area contributed by atoms with Gasteiger partial charge in [0.05, 0.1) is 16.8 Å². The van der Waals surface area contributed by atoms with Gasteiger partial charge in [-0.25, -0.2) is 9.97 Å². The average molecular weight is 789 g/mol. The van der Waals surface area contributed by atoms with Gasteiger partial charge in [-0.2, -0.15) is 0 Å². The lowest BCUT2D eigenvalue weighted by Crippen LogP contribution is -2.29. The Morgan fingerprint density at radius 3 is 1.52 bits per heavy atom. The molecule has 1 spiro atoms. The summed E-state index contributed by atoms with van der Waals surface area (Å²) in [6.07, 6.45) is 0. The molecule has 2 aromatic heterocycles. The van der Waals surface area contributed by atoms with Crippen molar-refractivity contribution in [2.75, 3.05) is 0 Å². The number of aromatic nitrogens is 2. The van der Waals surface area contributed by atoms with Crippen LogP contribution >= 0.6 is 0 Å². The van der Waals surface area contributed by atoms with Crippen molar-refractivity contribution in [2.24, 2.45) is 0 Å². The molecule has 13 rings (SSSR count). The van der Waals surface area contributed by atoms with Crippen LogP contribution in [0, 0.1) is 0 Å². The van der Waals surface area contributed by atoms with E-state index in [2.05, 4.69) is 194 Å². The first-order valence-corrected chi connectivity index (χ1v) is 21.2. The molecule has 0 aliphatic heterocycles. The molecule has 0 saturated heterocycles. The summed E-state index contributed by atoms with van der Waals surface area (Å²) in [6.45, 7) is 0. The van der Waals surface area contributed by atoms with Gasteiger partial charge in [-0.15, -0.1) is 0 Å². The number of hydrogen-bond acceptors (Lipinski definition) is 3. The summed E-state index contributed by atoms with van der Waals surface area (Å²) < 4.78 is 6.40. The van der Waals surface area contributed by atoms with E-state index < -0.39 is 5.41 Å². The molecule has 0 fully saturated rings. The summed E-state index contributed by atoms with van der Waals surface area (Å²) in [6, 6.07) is 78.7. The van der Waals surface area contributed by atoms with Crippen molar-refractivity contribution < 1.29 is 4.42 Å². The largest absolute Gasteiger partial charge is 0.456 e. The minimum absolute atomic E-state index is 0.550. The Hall–Kier alpha value is -8.14. The number of benzene rings is 9. The van der Waals surface area contributed by atoms with Crippen molar-refractivity contribution in [1.29, 1.82) is 0 Å². The Bertz CT molecular complexity index is 3550. The first-order valence-electron chi connectivity index (χ1n) is 21.2. The Morgan fingerprint density at radius 2 is 0.806 bits per heavy atom. The Kier molecular flexibility index (Phi) is 7.52. The lowest BCUT2D eigenvalue weighted by atomic mass is 9.66. The lowest BCUT2D eigenvalue weighted by Gasteiger charge is -2.35. The van der Waals surface area contributed by atoms with Gasteiger partial charge in [0.1, 0.15) is 11.2 Å². The third-order valence-corrected chi connectivity index (χ3v) is 13.2. The molecule has 0 radical (unpaired) electrons. The van der Waals surface area contributed by atoms with E-state index in [1.807, 2.05) is 24.3 Å². The number of fused-ring (bicyclic) bond motifs is 15. The summed E-state index contributed by atoms with van der Waals surface area (Å²) in [5.41, 5.74) is 20.6. The second-order valence-electron chi connectivity index (χ2n) is 16.3. The van der Waals surface area contributed by atoms with E-state index in [0.29, 0.717) is 5.82 Å². The van der Waals surface area contributed by atoms with E-state index in [4.69, 9.17) is 14.4 Å². The van der Waals surface area contributed by atoms with E-state index in [1.165, 1.54) is 55.6 Å². The van der Waals surface area contributed by atoms with Crippen LogP contribution < -0.4 is 0 Å². The maximum Gasteiger partial charge on any atom is 0.161 e. The van der Waals surface area contributed by atoms with Gasteiger partial charge in [0, 0.05) is 27.5 Å². The standard InChI is InChI=1S/C59H36N2O/c1-2-17-37(18-3-1)39-19-4-7-25-45(39)54-36-53(60-58(61-54)47-27-16-32-56-57(47)46-26-11-15-31-55(46)62-56)38-33-34-52-48(35-38)41-21-6-5-20-40(41)42-22-8-12-28-49(42)59(52)50-29-13-9-23-43(50)44-24-10-14-30-51(44)59/h1-36H. The minimum Gasteiger partial charge on any atom is -0.456 e. The molecule has 2 heterocycles. The fourth-order valence-corrected chi connectivity index (χ4v) is 10.6. The van der Waals surface area contributed by atoms with E-state index in [9.17, 15) is 0 Å². The Morgan fingerprint density at radius 1 is 0.306 bits per heavy atom. The SMILES string of the molecule is c1ccc(-c2ccccc2-c2cc(-c3ccc4c(c3)-c3ccccc3-c3ccccc3C43c4ccccc4-c4ccccc43)nc(-c3cccc4oc5ccccc5c34)n2)cc1. The first-order chi connectivity index (χ1) is 30.8. The van der Waals surface area contributed by atoms with Crippen LogP contribution in [0.4, 0.5) is 0 Å². The van der Waals surface area contributed by atoms with Crippen LogP contribution in [0.25, 0.3) is 100 Å². The fraction of sp³-hybridized carbons (Fsp3) is 0.0169. The first kappa shape index (κ1) is 34.7. The molecular weight excluding hydrogens is 753 g/mol. The third-order valence-electron chi connectivity index (χ3n) is 13.2. The van der Waals surface area contributed by atoms with Crippen LogP contribution in [0.5, 0.6) is 0 Å². The molecular formula is C59H36N2O. The van der Waals surface area contributed by atoms with Gasteiger partial charge in [0.25, 0.3) is 0 Å². The summed E-state index contributed by atoms with van der Waals surface area (Å²) >= 11 is 0. The summed E-state index contributed by atoms with van der Waals surface area (Å²) in [4.78, 5) is 11.0. The molecule has 0 N–H and O–H groups in total. The highest BCUT2D eigenvalue weighted by Gasteiger charge is 2.49. The zero-order chi connectivity index (χ0) is 40.8. The monoisotopic (exact) mass is 788 g/mol. The summed E-state index contributed by atoms with van der Waals surface area (Å²) in [5.74, 6) is 0.649. The number of para-hydroxylation sites is 1. The average Bonchev–Trinajstić information content (AvgIpc) is 3.85. The smallest absolute Gasteiger partial charge is 0.161 e. The van der Waals surface area contributed by atoms with Gasteiger partial charge >= 0.3 is 0 Å². The van der Waals surface area contributed by atoms with Crippen molar-refractivity contribution in [3.63, 3.8) is 0 Å². The summed E-state index contributed by atoms with van der Waals surface area (Å²) in [7, 11) is 0. The van der Waals surface area contributed by atoms with Gasteiger partial charge in [-0.05, 0) is 91.0 Å². The Labute approximate surface area is 359 Å². The van der Waals surface area contributed by atoms with Gasteiger partial charge < -0.3 is 4.42 Å². The molecule has 0 unspecified atom stereocenters. The van der Waals surface area contributed by atoms with Crippen LogP contribution in [0.2, 0.25) is 0 Å². The van der Waals surface area contributed by atoms with Crippen molar-refractivity contribution >= 4 is 21.9 Å². The third kappa shape index (κ3) is 4.94. The summed E-state index contributed by atoms with van der Waals surface area (Å²) in [5, 5.41) is 2.05. The molecule has 3 nitrogen and oxygen atoms in total. The van der Waals surface area contributed by atoms with Crippen molar-refractivity contribution in [1.82, 2.24) is 9.97 Å². The van der Waals surface area contributed by atoms with Crippen molar-refractivity contribution in [2.45, 2.75) is 5.41 Å². The van der Waals surface area contributed by atoms with Crippen molar-refractivity contribution in [3.05, 3.63) is 241 Å². The van der Waals surface area contributed by atoms with E-state index >= 15 is 0 Å². The molecule has 288 valence electrons. The fourth-order valence-electron chi connectivity index (χ4n) is 10.6. The number of nitrogens with zero attached hydrogens (tertiary/aromatic N) is 2. The molecule has 11 aromatic rings. The highest BCUT2D eigenvalue weighted by Crippen LogP contribution is 2.61. The van der Waals surface area contributed by atoms with Gasteiger partial charge in [0.2, 0.25) is 0 Å². The van der Waals surface area contributed by atoms with Gasteiger partial charge in [-0.3, -0.25) is 0 Å². The normalized spacial score (nSPS) is 13.0. The topological polar surface area (TPSA) is 38.9 Å². The van der Waals surface area contributed by atoms with E-state index in [-0.39, 0.29) is 0 Å². The highest BCUT2D eigenvalue weighted by molar-refractivity contribution is 6.12. The van der Waals surface area contributed by atoms with Crippen LogP contribution in [0.15, 0.2) is 223 Å². The molecule has 2 aliphatic rings. The molecule has 0 amide bonds. The predicted molar refractivity (Wildman–Crippen MR) is 253 cm³/mol. The van der Waals surface area contributed by atoms with Crippen LogP contribution in [-0.4, -0.2) is 9.97 Å². The lowest BCUT2D eigenvalue weighted by molar-refractivity contribution is 0.669.